The smallest absolute Gasteiger partial charge is 0.356 e. The van der Waals surface area contributed by atoms with Crippen molar-refractivity contribution < 1.29 is 14.6 Å². The number of carboxylic acids is 1. The van der Waals surface area contributed by atoms with Crippen LogP contribution in [0.5, 0.6) is 5.75 Å². The number of ether oxygens (including phenoxy) is 1. The van der Waals surface area contributed by atoms with Gasteiger partial charge in [-0.3, -0.25) is 4.68 Å². The lowest BCUT2D eigenvalue weighted by Crippen LogP contribution is -2.24. The number of aromatic carboxylic acids is 1. The maximum Gasteiger partial charge on any atom is 0.356 e. The topological polar surface area (TPSA) is 64.4 Å². The first kappa shape index (κ1) is 12.7. The van der Waals surface area contributed by atoms with Crippen molar-refractivity contribution in [1.29, 1.82) is 0 Å². The molecule has 104 valence electrons. The van der Waals surface area contributed by atoms with Crippen LogP contribution in [0.1, 0.15) is 29.8 Å². The highest BCUT2D eigenvalue weighted by molar-refractivity contribution is 5.87. The van der Waals surface area contributed by atoms with E-state index < -0.39 is 5.97 Å². The van der Waals surface area contributed by atoms with E-state index in [4.69, 9.17) is 9.84 Å². The largest absolute Gasteiger partial charge is 0.490 e. The van der Waals surface area contributed by atoms with Crippen molar-refractivity contribution in [3.05, 3.63) is 36.0 Å². The van der Waals surface area contributed by atoms with Crippen molar-refractivity contribution in [3.8, 4) is 17.0 Å². The van der Waals surface area contributed by atoms with Crippen LogP contribution in [-0.4, -0.2) is 27.0 Å². The van der Waals surface area contributed by atoms with Gasteiger partial charge in [-0.05, 0) is 49.6 Å². The standard InChI is InChI=1S/C15H16N2O3/c1-17-14(9-13(16-17)15(18)19)10-5-7-12(8-6-10)20-11-3-2-4-11/h5-9,11H,2-4H2,1H3,(H,18,19). The van der Waals surface area contributed by atoms with E-state index >= 15 is 0 Å². The summed E-state index contributed by atoms with van der Waals surface area (Å²) < 4.78 is 7.37. The molecule has 0 bridgehead atoms. The quantitative estimate of drug-likeness (QED) is 0.929. The van der Waals surface area contributed by atoms with E-state index in [1.165, 1.54) is 6.42 Å². The lowest BCUT2D eigenvalue weighted by Gasteiger charge is -2.26. The summed E-state index contributed by atoms with van der Waals surface area (Å²) in [6.07, 6.45) is 3.86. The van der Waals surface area contributed by atoms with Crippen molar-refractivity contribution in [2.45, 2.75) is 25.4 Å². The van der Waals surface area contributed by atoms with Crippen LogP contribution >= 0.6 is 0 Å². The molecule has 0 radical (unpaired) electrons. The van der Waals surface area contributed by atoms with Gasteiger partial charge in [0.25, 0.3) is 0 Å². The average molecular weight is 272 g/mol. The molecule has 0 spiro atoms. The van der Waals surface area contributed by atoms with Gasteiger partial charge in [0.05, 0.1) is 11.8 Å². The summed E-state index contributed by atoms with van der Waals surface area (Å²) in [5.41, 5.74) is 1.75. The van der Waals surface area contributed by atoms with Gasteiger partial charge in [-0.1, -0.05) is 0 Å². The lowest BCUT2D eigenvalue weighted by molar-refractivity contribution is 0.0689. The fourth-order valence-electron chi connectivity index (χ4n) is 2.23. The van der Waals surface area contributed by atoms with Gasteiger partial charge in [-0.2, -0.15) is 5.10 Å². The zero-order valence-electron chi connectivity index (χ0n) is 11.2. The predicted molar refractivity (Wildman–Crippen MR) is 73.9 cm³/mol. The number of carboxylic acid groups (broad SMARTS) is 1. The van der Waals surface area contributed by atoms with Crippen LogP contribution in [-0.2, 0) is 7.05 Å². The summed E-state index contributed by atoms with van der Waals surface area (Å²) in [5, 5.41) is 12.9. The highest BCUT2D eigenvalue weighted by Gasteiger charge is 2.19. The van der Waals surface area contributed by atoms with Crippen LogP contribution in [0.2, 0.25) is 0 Å². The molecule has 5 heteroatoms. The third kappa shape index (κ3) is 2.39. The first-order valence-electron chi connectivity index (χ1n) is 6.68. The molecule has 0 unspecified atom stereocenters. The molecule has 1 N–H and O–H groups in total. The molecule has 1 aliphatic carbocycles. The van der Waals surface area contributed by atoms with E-state index in [2.05, 4.69) is 5.10 Å². The summed E-state index contributed by atoms with van der Waals surface area (Å²) in [5.74, 6) is -0.157. The van der Waals surface area contributed by atoms with Gasteiger partial charge in [-0.15, -0.1) is 0 Å². The predicted octanol–water partition coefficient (Wildman–Crippen LogP) is 2.72. The molecule has 1 aromatic carbocycles. The Morgan fingerprint density at radius 1 is 1.35 bits per heavy atom. The van der Waals surface area contributed by atoms with E-state index in [1.54, 1.807) is 17.8 Å². The summed E-state index contributed by atoms with van der Waals surface area (Å²) in [6.45, 7) is 0. The van der Waals surface area contributed by atoms with Crippen LogP contribution in [0.15, 0.2) is 30.3 Å². The molecule has 0 aliphatic heterocycles. The Morgan fingerprint density at radius 2 is 2.05 bits per heavy atom. The van der Waals surface area contributed by atoms with Crippen molar-refractivity contribution in [2.75, 3.05) is 0 Å². The molecule has 1 heterocycles. The van der Waals surface area contributed by atoms with Gasteiger partial charge in [-0.25, -0.2) is 4.79 Å². The molecule has 2 aromatic rings. The van der Waals surface area contributed by atoms with Crippen LogP contribution in [0.3, 0.4) is 0 Å². The van der Waals surface area contributed by atoms with Crippen molar-refractivity contribution in [2.24, 2.45) is 7.05 Å². The van der Waals surface area contributed by atoms with Crippen molar-refractivity contribution in [3.63, 3.8) is 0 Å². The Kier molecular flexibility index (Phi) is 3.18. The first-order chi connectivity index (χ1) is 9.63. The minimum Gasteiger partial charge on any atom is -0.490 e. The zero-order valence-corrected chi connectivity index (χ0v) is 11.2. The molecule has 0 atom stereocenters. The van der Waals surface area contributed by atoms with Gasteiger partial charge in [0, 0.05) is 12.6 Å². The zero-order chi connectivity index (χ0) is 14.1. The second-order valence-electron chi connectivity index (χ2n) is 5.04. The van der Waals surface area contributed by atoms with Gasteiger partial charge in [0.2, 0.25) is 0 Å². The summed E-state index contributed by atoms with van der Waals surface area (Å²) in [6, 6.07) is 9.26. The molecule has 5 nitrogen and oxygen atoms in total. The van der Waals surface area contributed by atoms with Gasteiger partial charge in [0.1, 0.15) is 5.75 Å². The molecule has 20 heavy (non-hydrogen) atoms. The minimum atomic E-state index is -1.02. The maximum atomic E-state index is 10.9. The van der Waals surface area contributed by atoms with Crippen molar-refractivity contribution >= 4 is 5.97 Å². The second kappa shape index (κ2) is 5.00. The number of carbonyl (C=O) groups is 1. The van der Waals surface area contributed by atoms with E-state index in [0.29, 0.717) is 6.10 Å². The van der Waals surface area contributed by atoms with Gasteiger partial charge < -0.3 is 9.84 Å². The Bertz CT molecular complexity index is 627. The third-order valence-corrected chi connectivity index (χ3v) is 3.60. The SMILES string of the molecule is Cn1nc(C(=O)O)cc1-c1ccc(OC2CCC2)cc1. The van der Waals surface area contributed by atoms with Crippen LogP contribution in [0.4, 0.5) is 0 Å². The van der Waals surface area contributed by atoms with Crippen LogP contribution in [0.25, 0.3) is 11.3 Å². The molecular formula is C15H16N2O3. The molecule has 0 amide bonds. The van der Waals surface area contributed by atoms with E-state index in [1.807, 2.05) is 24.3 Å². The van der Waals surface area contributed by atoms with Gasteiger partial charge in [0.15, 0.2) is 5.69 Å². The van der Waals surface area contributed by atoms with E-state index in [9.17, 15) is 4.79 Å². The molecule has 1 aromatic heterocycles. The molecule has 0 saturated heterocycles. The second-order valence-corrected chi connectivity index (χ2v) is 5.04. The van der Waals surface area contributed by atoms with Crippen molar-refractivity contribution in [1.82, 2.24) is 9.78 Å². The number of hydrogen-bond acceptors (Lipinski definition) is 3. The highest BCUT2D eigenvalue weighted by Crippen LogP contribution is 2.27. The van der Waals surface area contributed by atoms with E-state index in [-0.39, 0.29) is 5.69 Å². The Hall–Kier alpha value is -2.30. The molecule has 1 fully saturated rings. The average Bonchev–Trinajstić information content (AvgIpc) is 2.77. The fraction of sp³-hybridized carbons (Fsp3) is 0.333. The molecule has 1 saturated carbocycles. The van der Waals surface area contributed by atoms with E-state index in [0.717, 1.165) is 29.8 Å². The Morgan fingerprint density at radius 3 is 2.55 bits per heavy atom. The minimum absolute atomic E-state index is 0.0531. The lowest BCUT2D eigenvalue weighted by atomic mass is 9.96. The normalized spacial score (nSPS) is 14.8. The first-order valence-corrected chi connectivity index (χ1v) is 6.68. The number of aromatic nitrogens is 2. The maximum absolute atomic E-state index is 10.9. The summed E-state index contributed by atoms with van der Waals surface area (Å²) in [4.78, 5) is 10.9. The number of hydrogen-bond donors (Lipinski definition) is 1. The molecular weight excluding hydrogens is 256 g/mol. The van der Waals surface area contributed by atoms with Crippen LogP contribution in [0, 0.1) is 0 Å². The number of aryl methyl sites for hydroxylation is 1. The molecule has 3 rings (SSSR count). The fourth-order valence-corrected chi connectivity index (χ4v) is 2.23. The third-order valence-electron chi connectivity index (χ3n) is 3.60. The van der Waals surface area contributed by atoms with Gasteiger partial charge >= 0.3 is 5.97 Å². The monoisotopic (exact) mass is 272 g/mol. The number of rotatable bonds is 4. The number of nitrogens with zero attached hydrogens (tertiary/aromatic N) is 2. The van der Waals surface area contributed by atoms with Crippen LogP contribution < -0.4 is 4.74 Å². The Balaban J connectivity index is 1.81. The molecule has 1 aliphatic rings. The summed E-state index contributed by atoms with van der Waals surface area (Å²) >= 11 is 0. The Labute approximate surface area is 116 Å². The highest BCUT2D eigenvalue weighted by atomic mass is 16.5. The summed E-state index contributed by atoms with van der Waals surface area (Å²) in [7, 11) is 1.74. The number of benzene rings is 1.